The highest BCUT2D eigenvalue weighted by atomic mass is 16.5. The Balaban J connectivity index is 1.57. The third kappa shape index (κ3) is 3.99. The fraction of sp³-hybridized carbons (Fsp3) is 0.250. The highest BCUT2D eigenvalue weighted by Crippen LogP contribution is 2.32. The Morgan fingerprint density at radius 1 is 1.03 bits per heavy atom. The zero-order valence-corrected chi connectivity index (χ0v) is 17.4. The number of carbonyl (C=O) groups is 2. The Morgan fingerprint density at radius 2 is 1.74 bits per heavy atom. The first kappa shape index (κ1) is 20.5. The normalized spacial score (nSPS) is 15.7. The minimum absolute atomic E-state index is 0.0632. The predicted octanol–water partition coefficient (Wildman–Crippen LogP) is 3.81. The zero-order valence-electron chi connectivity index (χ0n) is 17.4. The second-order valence-electron chi connectivity index (χ2n) is 7.43. The van der Waals surface area contributed by atoms with Gasteiger partial charge in [0.2, 0.25) is 5.91 Å². The van der Waals surface area contributed by atoms with Crippen molar-refractivity contribution in [1.82, 2.24) is 4.90 Å². The van der Waals surface area contributed by atoms with Crippen molar-refractivity contribution < 1.29 is 24.2 Å². The van der Waals surface area contributed by atoms with E-state index in [1.807, 2.05) is 18.2 Å². The van der Waals surface area contributed by atoms with E-state index in [1.54, 1.807) is 36.4 Å². The van der Waals surface area contributed by atoms with E-state index in [2.05, 4.69) is 5.32 Å². The van der Waals surface area contributed by atoms with E-state index in [4.69, 9.17) is 9.47 Å². The molecule has 1 heterocycles. The standard InChI is InChI=1S/C24H24N2O5/c1-30-17-12-16(13-18(14-17)31-2)25-23(28)21-8-5-11-26(21)24(29)20-10-9-15-6-3-4-7-19(15)22(20)27/h3-4,6-7,9-10,12-14,21,27H,5,8,11H2,1-2H3,(H,25,28). The molecule has 0 bridgehead atoms. The molecule has 0 spiro atoms. The number of likely N-dealkylation sites (tertiary alicyclic amines) is 1. The number of nitrogens with zero attached hydrogens (tertiary/aromatic N) is 1. The first-order valence-electron chi connectivity index (χ1n) is 10.1. The monoisotopic (exact) mass is 420 g/mol. The van der Waals surface area contributed by atoms with E-state index in [0.717, 1.165) is 5.39 Å². The van der Waals surface area contributed by atoms with Gasteiger partial charge in [0.15, 0.2) is 0 Å². The summed E-state index contributed by atoms with van der Waals surface area (Å²) < 4.78 is 10.5. The fourth-order valence-corrected chi connectivity index (χ4v) is 3.97. The van der Waals surface area contributed by atoms with Crippen LogP contribution in [0.25, 0.3) is 10.8 Å². The maximum absolute atomic E-state index is 13.2. The lowest BCUT2D eigenvalue weighted by atomic mass is 10.0. The van der Waals surface area contributed by atoms with Crippen LogP contribution in [0.1, 0.15) is 23.2 Å². The lowest BCUT2D eigenvalue weighted by molar-refractivity contribution is -0.119. The van der Waals surface area contributed by atoms with Gasteiger partial charge < -0.3 is 24.8 Å². The second kappa shape index (κ2) is 8.55. The van der Waals surface area contributed by atoms with E-state index < -0.39 is 6.04 Å². The third-order valence-corrected chi connectivity index (χ3v) is 5.57. The molecule has 3 aromatic carbocycles. The van der Waals surface area contributed by atoms with Gasteiger partial charge in [-0.25, -0.2) is 0 Å². The Morgan fingerprint density at radius 3 is 2.45 bits per heavy atom. The first-order chi connectivity index (χ1) is 15.0. The summed E-state index contributed by atoms with van der Waals surface area (Å²) in [6.45, 7) is 0.449. The fourth-order valence-electron chi connectivity index (χ4n) is 3.97. The van der Waals surface area contributed by atoms with Crippen LogP contribution in [0.3, 0.4) is 0 Å². The van der Waals surface area contributed by atoms with Gasteiger partial charge in [-0.05, 0) is 24.3 Å². The molecule has 0 radical (unpaired) electrons. The van der Waals surface area contributed by atoms with Crippen LogP contribution in [-0.2, 0) is 4.79 Å². The maximum Gasteiger partial charge on any atom is 0.258 e. The number of methoxy groups -OCH3 is 2. The highest BCUT2D eigenvalue weighted by Gasteiger charge is 2.35. The van der Waals surface area contributed by atoms with Gasteiger partial charge in [-0.3, -0.25) is 9.59 Å². The highest BCUT2D eigenvalue weighted by molar-refractivity contribution is 6.06. The number of phenolic OH excluding ortho intramolecular Hbond substituents is 1. The van der Waals surface area contributed by atoms with E-state index in [-0.39, 0.29) is 23.1 Å². The summed E-state index contributed by atoms with van der Waals surface area (Å²) in [5.74, 6) is 0.391. The number of hydrogen-bond acceptors (Lipinski definition) is 5. The molecule has 1 unspecified atom stereocenters. The number of phenols is 1. The van der Waals surface area contributed by atoms with Crippen LogP contribution >= 0.6 is 0 Å². The predicted molar refractivity (Wildman–Crippen MR) is 118 cm³/mol. The first-order valence-corrected chi connectivity index (χ1v) is 10.1. The Kier molecular flexibility index (Phi) is 5.66. The molecule has 2 N–H and O–H groups in total. The molecule has 1 saturated heterocycles. The lowest BCUT2D eigenvalue weighted by Crippen LogP contribution is -2.43. The average molecular weight is 420 g/mol. The molecule has 3 aromatic rings. The number of amides is 2. The summed E-state index contributed by atoms with van der Waals surface area (Å²) in [5.41, 5.74) is 0.718. The smallest absolute Gasteiger partial charge is 0.258 e. The van der Waals surface area contributed by atoms with Gasteiger partial charge in [-0.2, -0.15) is 0 Å². The molecule has 1 aliphatic rings. The van der Waals surface area contributed by atoms with Crippen LogP contribution in [-0.4, -0.2) is 48.6 Å². The van der Waals surface area contributed by atoms with Crippen molar-refractivity contribution >= 4 is 28.3 Å². The molecule has 2 amide bonds. The topological polar surface area (TPSA) is 88.1 Å². The van der Waals surface area contributed by atoms with Gasteiger partial charge in [0.1, 0.15) is 23.3 Å². The van der Waals surface area contributed by atoms with E-state index in [0.29, 0.717) is 42.0 Å². The summed E-state index contributed by atoms with van der Waals surface area (Å²) in [7, 11) is 3.07. The molecular weight excluding hydrogens is 396 g/mol. The quantitative estimate of drug-likeness (QED) is 0.655. The SMILES string of the molecule is COc1cc(NC(=O)C2CCCN2C(=O)c2ccc3ccccc3c2O)cc(OC)c1. The molecule has 0 aliphatic carbocycles. The zero-order chi connectivity index (χ0) is 22.0. The van der Waals surface area contributed by atoms with Crippen LogP contribution in [0, 0.1) is 0 Å². The number of benzene rings is 3. The maximum atomic E-state index is 13.2. The number of rotatable bonds is 5. The largest absolute Gasteiger partial charge is 0.506 e. The van der Waals surface area contributed by atoms with E-state index >= 15 is 0 Å². The molecule has 31 heavy (non-hydrogen) atoms. The van der Waals surface area contributed by atoms with Gasteiger partial charge in [-0.15, -0.1) is 0 Å². The Bertz CT molecular complexity index is 1120. The van der Waals surface area contributed by atoms with Gasteiger partial charge in [-0.1, -0.05) is 30.3 Å². The van der Waals surface area contributed by atoms with Crippen molar-refractivity contribution in [2.75, 3.05) is 26.1 Å². The van der Waals surface area contributed by atoms with E-state index in [1.165, 1.54) is 19.1 Å². The van der Waals surface area contributed by atoms with Crippen molar-refractivity contribution in [3.05, 3.63) is 60.2 Å². The van der Waals surface area contributed by atoms with Crippen LogP contribution in [0.2, 0.25) is 0 Å². The van der Waals surface area contributed by atoms with Crippen molar-refractivity contribution in [3.63, 3.8) is 0 Å². The molecule has 7 nitrogen and oxygen atoms in total. The minimum Gasteiger partial charge on any atom is -0.506 e. The van der Waals surface area contributed by atoms with Crippen LogP contribution in [0.4, 0.5) is 5.69 Å². The van der Waals surface area contributed by atoms with Gasteiger partial charge >= 0.3 is 0 Å². The van der Waals surface area contributed by atoms with Crippen LogP contribution < -0.4 is 14.8 Å². The molecule has 4 rings (SSSR count). The van der Waals surface area contributed by atoms with Gasteiger partial charge in [0.05, 0.1) is 19.8 Å². The van der Waals surface area contributed by atoms with Gasteiger partial charge in [0.25, 0.3) is 5.91 Å². The summed E-state index contributed by atoms with van der Waals surface area (Å²) in [4.78, 5) is 27.8. The minimum atomic E-state index is -0.629. The Hall–Kier alpha value is -3.74. The van der Waals surface area contributed by atoms with Crippen molar-refractivity contribution in [1.29, 1.82) is 0 Å². The number of fused-ring (bicyclic) bond motifs is 1. The summed E-state index contributed by atoms with van der Waals surface area (Å²) in [5, 5.41) is 15.0. The number of anilines is 1. The molecule has 0 aromatic heterocycles. The van der Waals surface area contributed by atoms with Crippen molar-refractivity contribution in [3.8, 4) is 17.2 Å². The summed E-state index contributed by atoms with van der Waals surface area (Å²) in [6.07, 6.45) is 1.26. The third-order valence-electron chi connectivity index (χ3n) is 5.57. The van der Waals surface area contributed by atoms with Crippen molar-refractivity contribution in [2.45, 2.75) is 18.9 Å². The van der Waals surface area contributed by atoms with Crippen LogP contribution in [0.15, 0.2) is 54.6 Å². The molecular formula is C24H24N2O5. The Labute approximate surface area is 180 Å². The van der Waals surface area contributed by atoms with Crippen LogP contribution in [0.5, 0.6) is 17.2 Å². The van der Waals surface area contributed by atoms with E-state index in [9.17, 15) is 14.7 Å². The molecule has 1 fully saturated rings. The number of nitrogens with one attached hydrogen (secondary N) is 1. The molecule has 1 aliphatic heterocycles. The number of aromatic hydroxyl groups is 1. The number of carbonyl (C=O) groups excluding carboxylic acids is 2. The number of hydrogen-bond donors (Lipinski definition) is 2. The lowest BCUT2D eigenvalue weighted by Gasteiger charge is -2.24. The van der Waals surface area contributed by atoms with Gasteiger partial charge in [0, 0.05) is 35.8 Å². The summed E-state index contributed by atoms with van der Waals surface area (Å²) >= 11 is 0. The summed E-state index contributed by atoms with van der Waals surface area (Å²) in [6, 6.07) is 15.2. The molecule has 7 heteroatoms. The molecule has 1 atom stereocenters. The molecule has 160 valence electrons. The number of ether oxygens (including phenoxy) is 2. The average Bonchev–Trinajstić information content (AvgIpc) is 3.29. The van der Waals surface area contributed by atoms with Crippen molar-refractivity contribution in [2.24, 2.45) is 0 Å². The second-order valence-corrected chi connectivity index (χ2v) is 7.43. The molecule has 0 saturated carbocycles.